The van der Waals surface area contributed by atoms with Crippen LogP contribution in [0.5, 0.6) is 0 Å². The molecule has 2 saturated heterocycles. The Morgan fingerprint density at radius 3 is 2.93 bits per heavy atom. The van der Waals surface area contributed by atoms with Gasteiger partial charge < -0.3 is 14.9 Å². The Balaban J connectivity index is 2.10. The molecule has 1 N–H and O–H groups in total. The SMILES string of the molecule is CC(O)CN1CC(=O)N2CCCC2C1=O. The highest BCUT2D eigenvalue weighted by Gasteiger charge is 2.41. The van der Waals surface area contributed by atoms with Crippen molar-refractivity contribution in [2.75, 3.05) is 19.6 Å². The van der Waals surface area contributed by atoms with Gasteiger partial charge >= 0.3 is 0 Å². The van der Waals surface area contributed by atoms with Crippen molar-refractivity contribution in [2.24, 2.45) is 0 Å². The summed E-state index contributed by atoms with van der Waals surface area (Å²) in [6, 6.07) is -0.259. The summed E-state index contributed by atoms with van der Waals surface area (Å²) < 4.78 is 0. The topological polar surface area (TPSA) is 60.9 Å². The van der Waals surface area contributed by atoms with Gasteiger partial charge in [0, 0.05) is 13.1 Å². The number of β-amino-alcohol motifs (C(OH)–C–C–N with tert-alkyl or cyclic N) is 1. The molecule has 2 rings (SSSR count). The van der Waals surface area contributed by atoms with Crippen LogP contribution in [0.2, 0.25) is 0 Å². The molecule has 0 aliphatic carbocycles. The Morgan fingerprint density at radius 2 is 2.27 bits per heavy atom. The molecule has 0 bridgehead atoms. The third-order valence-corrected chi connectivity index (χ3v) is 2.98. The first-order valence-corrected chi connectivity index (χ1v) is 5.36. The molecule has 2 fully saturated rings. The number of nitrogens with zero attached hydrogens (tertiary/aromatic N) is 2. The van der Waals surface area contributed by atoms with Gasteiger partial charge in [0.05, 0.1) is 12.6 Å². The van der Waals surface area contributed by atoms with Crippen LogP contribution in [0, 0.1) is 0 Å². The molecule has 15 heavy (non-hydrogen) atoms. The summed E-state index contributed by atoms with van der Waals surface area (Å²) in [6.45, 7) is 2.71. The van der Waals surface area contributed by atoms with Gasteiger partial charge in [-0.2, -0.15) is 0 Å². The van der Waals surface area contributed by atoms with Crippen LogP contribution < -0.4 is 0 Å². The summed E-state index contributed by atoms with van der Waals surface area (Å²) in [5, 5.41) is 9.23. The summed E-state index contributed by atoms with van der Waals surface area (Å²) in [7, 11) is 0. The molecule has 84 valence electrons. The zero-order valence-corrected chi connectivity index (χ0v) is 8.85. The van der Waals surface area contributed by atoms with Gasteiger partial charge in [-0.3, -0.25) is 9.59 Å². The summed E-state index contributed by atoms with van der Waals surface area (Å²) >= 11 is 0. The van der Waals surface area contributed by atoms with Crippen molar-refractivity contribution < 1.29 is 14.7 Å². The van der Waals surface area contributed by atoms with Crippen molar-refractivity contribution in [3.63, 3.8) is 0 Å². The maximum Gasteiger partial charge on any atom is 0.245 e. The first kappa shape index (κ1) is 10.4. The number of aliphatic hydroxyl groups is 1. The van der Waals surface area contributed by atoms with Gasteiger partial charge in [0.15, 0.2) is 0 Å². The van der Waals surface area contributed by atoms with E-state index in [2.05, 4.69) is 0 Å². The first-order chi connectivity index (χ1) is 7.09. The number of rotatable bonds is 2. The fourth-order valence-electron chi connectivity index (χ4n) is 2.34. The van der Waals surface area contributed by atoms with Crippen molar-refractivity contribution in [1.29, 1.82) is 0 Å². The van der Waals surface area contributed by atoms with Crippen LogP contribution in [0.25, 0.3) is 0 Å². The van der Waals surface area contributed by atoms with Crippen LogP contribution in [0.1, 0.15) is 19.8 Å². The Bertz CT molecular complexity index is 290. The lowest BCUT2D eigenvalue weighted by Gasteiger charge is -2.36. The molecule has 2 aliphatic rings. The molecular formula is C10H16N2O3. The normalized spacial score (nSPS) is 28.3. The smallest absolute Gasteiger partial charge is 0.245 e. The van der Waals surface area contributed by atoms with Gasteiger partial charge in [-0.15, -0.1) is 0 Å². The van der Waals surface area contributed by atoms with Crippen LogP contribution in [0.15, 0.2) is 0 Å². The molecule has 0 spiro atoms. The fourth-order valence-corrected chi connectivity index (χ4v) is 2.34. The minimum atomic E-state index is -0.574. The maximum atomic E-state index is 11.9. The molecule has 2 heterocycles. The van der Waals surface area contributed by atoms with Crippen molar-refractivity contribution >= 4 is 11.8 Å². The lowest BCUT2D eigenvalue weighted by atomic mass is 10.1. The molecule has 0 saturated carbocycles. The second kappa shape index (κ2) is 3.81. The highest BCUT2D eigenvalue weighted by molar-refractivity contribution is 5.95. The van der Waals surface area contributed by atoms with Crippen LogP contribution in [0.3, 0.4) is 0 Å². The largest absolute Gasteiger partial charge is 0.392 e. The predicted molar refractivity (Wildman–Crippen MR) is 53.0 cm³/mol. The number of amides is 2. The number of carbonyl (C=O) groups excluding carboxylic acids is 2. The highest BCUT2D eigenvalue weighted by Crippen LogP contribution is 2.23. The van der Waals surface area contributed by atoms with Crippen LogP contribution in [-0.4, -0.2) is 58.5 Å². The molecule has 0 aromatic heterocycles. The number of piperazine rings is 1. The Hall–Kier alpha value is -1.10. The zero-order valence-electron chi connectivity index (χ0n) is 8.85. The average Bonchev–Trinajstić information content (AvgIpc) is 2.61. The van der Waals surface area contributed by atoms with Crippen LogP contribution in [-0.2, 0) is 9.59 Å². The zero-order chi connectivity index (χ0) is 11.0. The van der Waals surface area contributed by atoms with Gasteiger partial charge in [-0.05, 0) is 19.8 Å². The Labute approximate surface area is 88.6 Å². The molecule has 0 radical (unpaired) electrons. The lowest BCUT2D eigenvalue weighted by Crippen LogP contribution is -2.58. The molecule has 2 atom stereocenters. The standard InChI is InChI=1S/C10H16N2O3/c1-7(13)5-11-6-9(14)12-4-2-3-8(12)10(11)15/h7-8,13H,2-6H2,1H3. The molecule has 5 heteroatoms. The van der Waals surface area contributed by atoms with E-state index in [0.717, 1.165) is 12.8 Å². The third-order valence-electron chi connectivity index (χ3n) is 2.98. The monoisotopic (exact) mass is 212 g/mol. The Morgan fingerprint density at radius 1 is 1.53 bits per heavy atom. The number of fused-ring (bicyclic) bond motifs is 1. The van der Waals surface area contributed by atoms with E-state index in [-0.39, 0.29) is 30.9 Å². The van der Waals surface area contributed by atoms with Crippen molar-refractivity contribution in [1.82, 2.24) is 9.80 Å². The minimum Gasteiger partial charge on any atom is -0.392 e. The lowest BCUT2D eigenvalue weighted by molar-refractivity contribution is -0.154. The number of aliphatic hydroxyl groups excluding tert-OH is 1. The first-order valence-electron chi connectivity index (χ1n) is 5.36. The highest BCUT2D eigenvalue weighted by atomic mass is 16.3. The van der Waals surface area contributed by atoms with Crippen molar-refractivity contribution in [3.8, 4) is 0 Å². The minimum absolute atomic E-state index is 0.00648. The van der Waals surface area contributed by atoms with Crippen LogP contribution >= 0.6 is 0 Å². The van der Waals surface area contributed by atoms with Gasteiger partial charge in [0.25, 0.3) is 0 Å². The van der Waals surface area contributed by atoms with E-state index < -0.39 is 6.10 Å². The maximum absolute atomic E-state index is 11.9. The van der Waals surface area contributed by atoms with E-state index >= 15 is 0 Å². The van der Waals surface area contributed by atoms with E-state index in [1.807, 2.05) is 0 Å². The van der Waals surface area contributed by atoms with E-state index in [4.69, 9.17) is 0 Å². The molecule has 0 aromatic carbocycles. The van der Waals surface area contributed by atoms with Gasteiger partial charge in [-0.1, -0.05) is 0 Å². The van der Waals surface area contributed by atoms with Gasteiger partial charge in [0.1, 0.15) is 6.04 Å². The molecule has 5 nitrogen and oxygen atoms in total. The second-order valence-electron chi connectivity index (χ2n) is 4.31. The van der Waals surface area contributed by atoms with Crippen LogP contribution in [0.4, 0.5) is 0 Å². The molecule has 2 amide bonds. The summed E-state index contributed by atoms with van der Waals surface area (Å²) in [4.78, 5) is 26.7. The number of hydrogen-bond acceptors (Lipinski definition) is 3. The van der Waals surface area contributed by atoms with Gasteiger partial charge in [-0.25, -0.2) is 0 Å². The van der Waals surface area contributed by atoms with Crippen molar-refractivity contribution in [2.45, 2.75) is 31.9 Å². The molecule has 2 aliphatic heterocycles. The number of hydrogen-bond donors (Lipinski definition) is 1. The third kappa shape index (κ3) is 1.84. The Kier molecular flexibility index (Phi) is 2.65. The van der Waals surface area contributed by atoms with Crippen molar-refractivity contribution in [3.05, 3.63) is 0 Å². The van der Waals surface area contributed by atoms with E-state index in [1.54, 1.807) is 11.8 Å². The second-order valence-corrected chi connectivity index (χ2v) is 4.31. The summed E-state index contributed by atoms with van der Waals surface area (Å²) in [5.74, 6) is 0.00532. The summed E-state index contributed by atoms with van der Waals surface area (Å²) in [5.41, 5.74) is 0. The van der Waals surface area contributed by atoms with Gasteiger partial charge in [0.2, 0.25) is 11.8 Å². The quantitative estimate of drug-likeness (QED) is 0.652. The fraction of sp³-hybridized carbons (Fsp3) is 0.800. The molecule has 0 aromatic rings. The molecular weight excluding hydrogens is 196 g/mol. The average molecular weight is 212 g/mol. The summed E-state index contributed by atoms with van der Waals surface area (Å²) in [6.07, 6.45) is 1.10. The number of carbonyl (C=O) groups is 2. The molecule has 2 unspecified atom stereocenters. The predicted octanol–water partition coefficient (Wildman–Crippen LogP) is -0.800. The van der Waals surface area contributed by atoms with E-state index in [1.165, 1.54) is 4.90 Å². The van der Waals surface area contributed by atoms with E-state index in [9.17, 15) is 14.7 Å². The van der Waals surface area contributed by atoms with E-state index in [0.29, 0.717) is 6.54 Å².